The second-order valence-electron chi connectivity index (χ2n) is 5.33. The van der Waals surface area contributed by atoms with Crippen molar-refractivity contribution in [3.05, 3.63) is 0 Å². The smallest absolute Gasteiger partial charge is 0.00966 e. The molecule has 1 aliphatic heterocycles. The highest BCUT2D eigenvalue weighted by molar-refractivity contribution is 4.94. The van der Waals surface area contributed by atoms with Gasteiger partial charge in [0.15, 0.2) is 0 Å². The third-order valence-corrected chi connectivity index (χ3v) is 4.16. The zero-order valence-corrected chi connectivity index (χ0v) is 9.60. The molecule has 1 aliphatic carbocycles. The first kappa shape index (κ1) is 10.4. The summed E-state index contributed by atoms with van der Waals surface area (Å²) in [5, 5.41) is 7.27. The van der Waals surface area contributed by atoms with E-state index in [0.29, 0.717) is 5.41 Å². The summed E-state index contributed by atoms with van der Waals surface area (Å²) in [5.74, 6) is 0.931. The molecule has 3 atom stereocenters. The van der Waals surface area contributed by atoms with E-state index in [1.807, 2.05) is 0 Å². The van der Waals surface area contributed by atoms with Gasteiger partial charge >= 0.3 is 0 Å². The van der Waals surface area contributed by atoms with E-state index in [2.05, 4.69) is 24.5 Å². The molecule has 0 spiro atoms. The van der Waals surface area contributed by atoms with Crippen LogP contribution in [0.25, 0.3) is 0 Å². The minimum atomic E-state index is 0.556. The minimum Gasteiger partial charge on any atom is -0.316 e. The van der Waals surface area contributed by atoms with Gasteiger partial charge in [0, 0.05) is 19.1 Å². The molecular weight excluding hydrogens is 172 g/mol. The van der Waals surface area contributed by atoms with E-state index in [9.17, 15) is 0 Å². The highest BCUT2D eigenvalue weighted by Gasteiger charge is 2.36. The van der Waals surface area contributed by atoms with E-state index in [4.69, 9.17) is 0 Å². The predicted molar refractivity (Wildman–Crippen MR) is 60.4 cm³/mol. The summed E-state index contributed by atoms with van der Waals surface area (Å²) >= 11 is 0. The molecule has 0 bridgehead atoms. The van der Waals surface area contributed by atoms with Gasteiger partial charge in [0.05, 0.1) is 0 Å². The van der Waals surface area contributed by atoms with Crippen LogP contribution >= 0.6 is 0 Å². The molecule has 1 saturated heterocycles. The van der Waals surface area contributed by atoms with Crippen LogP contribution in [0, 0.1) is 11.3 Å². The van der Waals surface area contributed by atoms with Gasteiger partial charge in [-0.1, -0.05) is 13.8 Å². The molecule has 2 heteroatoms. The SMILES string of the molecule is CCC1(CNC2CC2C)CCCNC1. The van der Waals surface area contributed by atoms with E-state index < -0.39 is 0 Å². The molecule has 14 heavy (non-hydrogen) atoms. The van der Waals surface area contributed by atoms with Crippen LogP contribution in [0.3, 0.4) is 0 Å². The average molecular weight is 196 g/mol. The summed E-state index contributed by atoms with van der Waals surface area (Å²) in [6.45, 7) is 8.35. The van der Waals surface area contributed by atoms with Crippen molar-refractivity contribution in [2.75, 3.05) is 19.6 Å². The van der Waals surface area contributed by atoms with Crippen molar-refractivity contribution >= 4 is 0 Å². The van der Waals surface area contributed by atoms with Gasteiger partial charge in [0.2, 0.25) is 0 Å². The van der Waals surface area contributed by atoms with Gasteiger partial charge < -0.3 is 10.6 Å². The summed E-state index contributed by atoms with van der Waals surface area (Å²) in [6.07, 6.45) is 5.47. The Morgan fingerprint density at radius 3 is 2.79 bits per heavy atom. The number of hydrogen-bond acceptors (Lipinski definition) is 2. The van der Waals surface area contributed by atoms with Gasteiger partial charge in [-0.25, -0.2) is 0 Å². The summed E-state index contributed by atoms with van der Waals surface area (Å²) < 4.78 is 0. The predicted octanol–water partition coefficient (Wildman–Crippen LogP) is 1.76. The van der Waals surface area contributed by atoms with Crippen LogP contribution in [0.5, 0.6) is 0 Å². The highest BCUT2D eigenvalue weighted by atomic mass is 15.0. The lowest BCUT2D eigenvalue weighted by atomic mass is 9.78. The van der Waals surface area contributed by atoms with Crippen LogP contribution < -0.4 is 10.6 Å². The minimum absolute atomic E-state index is 0.556. The summed E-state index contributed by atoms with van der Waals surface area (Å²) in [5.41, 5.74) is 0.556. The van der Waals surface area contributed by atoms with E-state index in [1.165, 1.54) is 45.3 Å². The number of hydrogen-bond donors (Lipinski definition) is 2. The molecule has 82 valence electrons. The van der Waals surface area contributed by atoms with Crippen molar-refractivity contribution in [1.29, 1.82) is 0 Å². The van der Waals surface area contributed by atoms with Crippen LogP contribution in [-0.2, 0) is 0 Å². The monoisotopic (exact) mass is 196 g/mol. The first-order chi connectivity index (χ1) is 6.76. The zero-order chi connectivity index (χ0) is 10.0. The molecule has 2 N–H and O–H groups in total. The standard InChI is InChI=1S/C12H24N2/c1-3-12(5-4-6-13-8-12)9-14-11-7-10(11)2/h10-11,13-14H,3-9H2,1-2H3. The van der Waals surface area contributed by atoms with Crippen LogP contribution in [0.15, 0.2) is 0 Å². The van der Waals surface area contributed by atoms with Gasteiger partial charge in [0.25, 0.3) is 0 Å². The number of piperidine rings is 1. The Bertz CT molecular complexity index is 185. The van der Waals surface area contributed by atoms with Gasteiger partial charge in [0.1, 0.15) is 0 Å². The van der Waals surface area contributed by atoms with E-state index >= 15 is 0 Å². The summed E-state index contributed by atoms with van der Waals surface area (Å²) in [7, 11) is 0. The van der Waals surface area contributed by atoms with Gasteiger partial charge in [-0.2, -0.15) is 0 Å². The molecule has 0 radical (unpaired) electrons. The fourth-order valence-electron chi connectivity index (χ4n) is 2.56. The Hall–Kier alpha value is -0.0800. The Morgan fingerprint density at radius 1 is 1.50 bits per heavy atom. The Morgan fingerprint density at radius 2 is 2.29 bits per heavy atom. The topological polar surface area (TPSA) is 24.1 Å². The molecule has 1 heterocycles. The number of rotatable bonds is 4. The van der Waals surface area contributed by atoms with Gasteiger partial charge in [-0.3, -0.25) is 0 Å². The first-order valence-corrected chi connectivity index (χ1v) is 6.20. The van der Waals surface area contributed by atoms with Crippen molar-refractivity contribution in [3.8, 4) is 0 Å². The Balaban J connectivity index is 1.78. The van der Waals surface area contributed by atoms with Crippen LogP contribution in [-0.4, -0.2) is 25.7 Å². The largest absolute Gasteiger partial charge is 0.316 e. The maximum atomic E-state index is 3.73. The van der Waals surface area contributed by atoms with Crippen LogP contribution in [0.4, 0.5) is 0 Å². The lowest BCUT2D eigenvalue weighted by Gasteiger charge is -2.37. The normalized spacial score (nSPS) is 42.4. The molecule has 1 saturated carbocycles. The maximum Gasteiger partial charge on any atom is 0.00966 e. The maximum absolute atomic E-state index is 3.73. The summed E-state index contributed by atoms with van der Waals surface area (Å²) in [6, 6.07) is 0.834. The second kappa shape index (κ2) is 4.19. The van der Waals surface area contributed by atoms with Crippen LogP contribution in [0.2, 0.25) is 0 Å². The lowest BCUT2D eigenvalue weighted by molar-refractivity contribution is 0.191. The van der Waals surface area contributed by atoms with E-state index in [0.717, 1.165) is 12.0 Å². The highest BCUT2D eigenvalue weighted by Crippen LogP contribution is 2.33. The van der Waals surface area contributed by atoms with Crippen molar-refractivity contribution in [1.82, 2.24) is 10.6 Å². The second-order valence-corrected chi connectivity index (χ2v) is 5.33. The fourth-order valence-corrected chi connectivity index (χ4v) is 2.56. The molecule has 0 aromatic rings. The molecule has 2 rings (SSSR count). The molecule has 3 unspecified atom stereocenters. The van der Waals surface area contributed by atoms with E-state index in [-0.39, 0.29) is 0 Å². The molecule has 0 amide bonds. The molecule has 2 nitrogen and oxygen atoms in total. The molecular formula is C12H24N2. The Kier molecular flexibility index (Phi) is 3.13. The zero-order valence-electron chi connectivity index (χ0n) is 9.60. The third-order valence-electron chi connectivity index (χ3n) is 4.16. The van der Waals surface area contributed by atoms with Crippen molar-refractivity contribution in [3.63, 3.8) is 0 Å². The van der Waals surface area contributed by atoms with E-state index in [1.54, 1.807) is 0 Å². The molecule has 2 aliphatic rings. The van der Waals surface area contributed by atoms with Crippen molar-refractivity contribution in [2.24, 2.45) is 11.3 Å². The van der Waals surface area contributed by atoms with Crippen LogP contribution in [0.1, 0.15) is 39.5 Å². The molecule has 0 aromatic heterocycles. The average Bonchev–Trinajstić information content (AvgIpc) is 2.93. The molecule has 0 aromatic carbocycles. The quantitative estimate of drug-likeness (QED) is 0.716. The number of nitrogens with one attached hydrogen (secondary N) is 2. The lowest BCUT2D eigenvalue weighted by Crippen LogP contribution is -2.46. The first-order valence-electron chi connectivity index (χ1n) is 6.20. The third kappa shape index (κ3) is 2.29. The summed E-state index contributed by atoms with van der Waals surface area (Å²) in [4.78, 5) is 0. The fraction of sp³-hybridized carbons (Fsp3) is 1.00. The molecule has 2 fully saturated rings. The van der Waals surface area contributed by atoms with Crippen molar-refractivity contribution < 1.29 is 0 Å². The van der Waals surface area contributed by atoms with Crippen molar-refractivity contribution in [2.45, 2.75) is 45.6 Å². The van der Waals surface area contributed by atoms with Gasteiger partial charge in [-0.05, 0) is 43.6 Å². The van der Waals surface area contributed by atoms with Gasteiger partial charge in [-0.15, -0.1) is 0 Å². The Labute approximate surface area is 87.8 Å².